The molecular weight excluding hydrogens is 230 g/mol. The summed E-state index contributed by atoms with van der Waals surface area (Å²) in [6.07, 6.45) is 3.65. The van der Waals surface area contributed by atoms with Crippen molar-refractivity contribution in [3.05, 3.63) is 47.3 Å². The third-order valence-electron chi connectivity index (χ3n) is 2.40. The summed E-state index contributed by atoms with van der Waals surface area (Å²) < 4.78 is 0. The van der Waals surface area contributed by atoms with Crippen LogP contribution < -0.4 is 5.73 Å². The Hall–Kier alpha value is -1.39. The third-order valence-corrected chi connectivity index (χ3v) is 3.39. The van der Waals surface area contributed by atoms with Gasteiger partial charge in [-0.2, -0.15) is 0 Å². The van der Waals surface area contributed by atoms with Gasteiger partial charge in [-0.05, 0) is 48.4 Å². The van der Waals surface area contributed by atoms with E-state index in [-0.39, 0.29) is 0 Å². The van der Waals surface area contributed by atoms with E-state index in [2.05, 4.69) is 35.1 Å². The van der Waals surface area contributed by atoms with Crippen LogP contribution in [0, 0.1) is 13.8 Å². The summed E-state index contributed by atoms with van der Waals surface area (Å²) in [6.45, 7) is 4.58. The minimum atomic E-state index is 0.536. The molecule has 0 radical (unpaired) electrons. The van der Waals surface area contributed by atoms with E-state index in [0.29, 0.717) is 6.54 Å². The van der Waals surface area contributed by atoms with Gasteiger partial charge in [0.2, 0.25) is 0 Å². The molecule has 0 saturated carbocycles. The highest BCUT2D eigenvalue weighted by atomic mass is 32.2. The lowest BCUT2D eigenvalue weighted by Crippen LogP contribution is -1.99. The Morgan fingerprint density at radius 3 is 2.47 bits per heavy atom. The SMILES string of the molecule is Cc1cnc(Sc2cc(C)ccc2CN)nc1. The van der Waals surface area contributed by atoms with Gasteiger partial charge in [-0.25, -0.2) is 9.97 Å². The average molecular weight is 245 g/mol. The van der Waals surface area contributed by atoms with Crippen molar-refractivity contribution in [2.24, 2.45) is 5.73 Å². The standard InChI is InChI=1S/C13H15N3S/c1-9-3-4-11(6-14)12(5-9)17-13-15-7-10(2)8-16-13/h3-5,7-8H,6,14H2,1-2H3. The summed E-state index contributed by atoms with van der Waals surface area (Å²) in [6, 6.07) is 6.25. The lowest BCUT2D eigenvalue weighted by atomic mass is 10.1. The quantitative estimate of drug-likeness (QED) is 0.845. The normalized spacial score (nSPS) is 10.5. The first kappa shape index (κ1) is 12.1. The number of benzene rings is 1. The Labute approximate surface area is 105 Å². The van der Waals surface area contributed by atoms with Crippen molar-refractivity contribution in [2.45, 2.75) is 30.4 Å². The zero-order valence-corrected chi connectivity index (χ0v) is 10.8. The Morgan fingerprint density at radius 1 is 1.12 bits per heavy atom. The van der Waals surface area contributed by atoms with Gasteiger partial charge >= 0.3 is 0 Å². The smallest absolute Gasteiger partial charge is 0.192 e. The predicted molar refractivity (Wildman–Crippen MR) is 70.0 cm³/mol. The van der Waals surface area contributed by atoms with Gasteiger partial charge in [0, 0.05) is 23.8 Å². The molecule has 1 heterocycles. The summed E-state index contributed by atoms with van der Waals surface area (Å²) in [4.78, 5) is 9.71. The van der Waals surface area contributed by atoms with E-state index in [0.717, 1.165) is 21.2 Å². The van der Waals surface area contributed by atoms with Crippen molar-refractivity contribution < 1.29 is 0 Å². The molecule has 0 fully saturated rings. The van der Waals surface area contributed by atoms with Crippen molar-refractivity contribution in [2.75, 3.05) is 0 Å². The molecule has 88 valence electrons. The van der Waals surface area contributed by atoms with Gasteiger partial charge in [-0.3, -0.25) is 0 Å². The highest BCUT2D eigenvalue weighted by molar-refractivity contribution is 7.99. The first-order valence-corrected chi connectivity index (χ1v) is 6.27. The number of aromatic nitrogens is 2. The summed E-state index contributed by atoms with van der Waals surface area (Å²) in [5.74, 6) is 0. The summed E-state index contributed by atoms with van der Waals surface area (Å²) in [5, 5.41) is 0.760. The molecule has 4 heteroatoms. The van der Waals surface area contributed by atoms with E-state index in [1.54, 1.807) is 11.8 Å². The topological polar surface area (TPSA) is 51.8 Å². The zero-order valence-electron chi connectivity index (χ0n) is 9.97. The molecule has 3 nitrogen and oxygen atoms in total. The van der Waals surface area contributed by atoms with E-state index in [1.165, 1.54) is 5.56 Å². The highest BCUT2D eigenvalue weighted by Crippen LogP contribution is 2.28. The molecular formula is C13H15N3S. The lowest BCUT2D eigenvalue weighted by Gasteiger charge is -2.07. The summed E-state index contributed by atoms with van der Waals surface area (Å²) >= 11 is 1.56. The van der Waals surface area contributed by atoms with Crippen molar-refractivity contribution in [1.29, 1.82) is 0 Å². The van der Waals surface area contributed by atoms with Crippen LogP contribution in [0.5, 0.6) is 0 Å². The second kappa shape index (κ2) is 5.29. The fourth-order valence-corrected chi connectivity index (χ4v) is 2.39. The number of hydrogen-bond donors (Lipinski definition) is 1. The van der Waals surface area contributed by atoms with Gasteiger partial charge in [0.25, 0.3) is 0 Å². The van der Waals surface area contributed by atoms with Gasteiger partial charge in [0.1, 0.15) is 0 Å². The van der Waals surface area contributed by atoms with Crippen molar-refractivity contribution in [3.8, 4) is 0 Å². The Balaban J connectivity index is 2.28. The number of nitrogens with two attached hydrogens (primary N) is 1. The first-order chi connectivity index (χ1) is 8.19. The van der Waals surface area contributed by atoms with Crippen LogP contribution in [0.3, 0.4) is 0 Å². The fourth-order valence-electron chi connectivity index (χ4n) is 1.46. The summed E-state index contributed by atoms with van der Waals surface area (Å²) in [5.41, 5.74) is 9.14. The fraction of sp³-hybridized carbons (Fsp3) is 0.231. The zero-order chi connectivity index (χ0) is 12.3. The van der Waals surface area contributed by atoms with Crippen LogP contribution in [0.25, 0.3) is 0 Å². The number of nitrogens with zero attached hydrogens (tertiary/aromatic N) is 2. The van der Waals surface area contributed by atoms with E-state index in [4.69, 9.17) is 5.73 Å². The molecule has 0 aliphatic rings. The Kier molecular flexibility index (Phi) is 3.76. The van der Waals surface area contributed by atoms with Crippen LogP contribution >= 0.6 is 11.8 Å². The van der Waals surface area contributed by atoms with E-state index >= 15 is 0 Å². The van der Waals surface area contributed by atoms with Gasteiger partial charge in [0.15, 0.2) is 5.16 Å². The molecule has 0 unspecified atom stereocenters. The second-order valence-electron chi connectivity index (χ2n) is 3.96. The molecule has 0 saturated heterocycles. The minimum absolute atomic E-state index is 0.536. The van der Waals surface area contributed by atoms with Crippen LogP contribution in [0.4, 0.5) is 0 Å². The molecule has 1 aromatic heterocycles. The lowest BCUT2D eigenvalue weighted by molar-refractivity contribution is 0.944. The number of rotatable bonds is 3. The predicted octanol–water partition coefficient (Wildman–Crippen LogP) is 2.70. The molecule has 2 rings (SSSR count). The van der Waals surface area contributed by atoms with Crippen molar-refractivity contribution in [3.63, 3.8) is 0 Å². The molecule has 1 aromatic carbocycles. The molecule has 0 aliphatic heterocycles. The molecule has 0 bridgehead atoms. The van der Waals surface area contributed by atoms with Crippen LogP contribution in [-0.2, 0) is 6.54 Å². The molecule has 2 N–H and O–H groups in total. The minimum Gasteiger partial charge on any atom is -0.326 e. The molecule has 0 amide bonds. The van der Waals surface area contributed by atoms with E-state index in [1.807, 2.05) is 19.3 Å². The van der Waals surface area contributed by atoms with Gasteiger partial charge in [-0.1, -0.05) is 12.1 Å². The van der Waals surface area contributed by atoms with Crippen LogP contribution in [0.15, 0.2) is 40.6 Å². The monoisotopic (exact) mass is 245 g/mol. The summed E-state index contributed by atoms with van der Waals surface area (Å²) in [7, 11) is 0. The largest absolute Gasteiger partial charge is 0.326 e. The number of aryl methyl sites for hydroxylation is 2. The molecule has 17 heavy (non-hydrogen) atoms. The van der Waals surface area contributed by atoms with E-state index in [9.17, 15) is 0 Å². The van der Waals surface area contributed by atoms with Gasteiger partial charge < -0.3 is 5.73 Å². The third kappa shape index (κ3) is 3.05. The first-order valence-electron chi connectivity index (χ1n) is 5.45. The molecule has 0 spiro atoms. The molecule has 2 aromatic rings. The maximum absolute atomic E-state index is 5.72. The maximum Gasteiger partial charge on any atom is 0.192 e. The highest BCUT2D eigenvalue weighted by Gasteiger charge is 2.05. The van der Waals surface area contributed by atoms with Crippen LogP contribution in [-0.4, -0.2) is 9.97 Å². The van der Waals surface area contributed by atoms with Crippen LogP contribution in [0.2, 0.25) is 0 Å². The van der Waals surface area contributed by atoms with E-state index < -0.39 is 0 Å². The average Bonchev–Trinajstić information content (AvgIpc) is 2.32. The maximum atomic E-state index is 5.72. The number of hydrogen-bond acceptors (Lipinski definition) is 4. The Bertz CT molecular complexity index is 509. The van der Waals surface area contributed by atoms with Gasteiger partial charge in [0.05, 0.1) is 0 Å². The molecule has 0 aliphatic carbocycles. The van der Waals surface area contributed by atoms with Gasteiger partial charge in [-0.15, -0.1) is 0 Å². The van der Waals surface area contributed by atoms with Crippen molar-refractivity contribution in [1.82, 2.24) is 9.97 Å². The van der Waals surface area contributed by atoms with Crippen LogP contribution in [0.1, 0.15) is 16.7 Å². The molecule has 0 atom stereocenters. The van der Waals surface area contributed by atoms with Crippen molar-refractivity contribution >= 4 is 11.8 Å². The Morgan fingerprint density at radius 2 is 1.82 bits per heavy atom. The second-order valence-corrected chi connectivity index (χ2v) is 4.97.